The van der Waals surface area contributed by atoms with Crippen LogP contribution < -0.4 is 0 Å². The van der Waals surface area contributed by atoms with Gasteiger partial charge in [0.2, 0.25) is 0 Å². The first-order chi connectivity index (χ1) is 28.2. The van der Waals surface area contributed by atoms with Crippen LogP contribution in [-0.4, -0.2) is 19.5 Å². The topological polar surface area (TPSA) is 43.6 Å². The van der Waals surface area contributed by atoms with E-state index in [0.717, 1.165) is 16.7 Å². The summed E-state index contributed by atoms with van der Waals surface area (Å²) in [7, 11) is 0. The molecule has 0 aliphatic heterocycles. The van der Waals surface area contributed by atoms with Crippen molar-refractivity contribution in [2.75, 3.05) is 0 Å². The van der Waals surface area contributed by atoms with Crippen molar-refractivity contribution in [3.8, 4) is 51.0 Å². The van der Waals surface area contributed by atoms with Gasteiger partial charge < -0.3 is 4.57 Å². The van der Waals surface area contributed by atoms with Crippen LogP contribution in [0, 0.1) is 0 Å². The van der Waals surface area contributed by atoms with Crippen LogP contribution in [0.2, 0.25) is 0 Å². The fourth-order valence-corrected chi connectivity index (χ4v) is 10.8. The fourth-order valence-electron chi connectivity index (χ4n) is 8.39. The van der Waals surface area contributed by atoms with E-state index in [4.69, 9.17) is 15.0 Å². The van der Waals surface area contributed by atoms with E-state index in [1.165, 1.54) is 79.0 Å². The minimum absolute atomic E-state index is 0.664. The molecule has 0 spiro atoms. The van der Waals surface area contributed by atoms with Crippen LogP contribution in [0.3, 0.4) is 0 Å². The molecule has 0 atom stereocenters. The minimum atomic E-state index is 0.664. The van der Waals surface area contributed by atoms with Crippen molar-refractivity contribution in [2.45, 2.75) is 0 Å². The monoisotopic (exact) mass is 762 g/mol. The van der Waals surface area contributed by atoms with Crippen molar-refractivity contribution in [1.29, 1.82) is 0 Å². The number of thiophene rings is 2. The number of hydrogen-bond donors (Lipinski definition) is 0. The van der Waals surface area contributed by atoms with Crippen molar-refractivity contribution in [3.63, 3.8) is 0 Å². The third-order valence-corrected chi connectivity index (χ3v) is 13.5. The summed E-state index contributed by atoms with van der Waals surface area (Å²) in [5, 5.41) is 7.57. The largest absolute Gasteiger partial charge is 0.308 e. The third kappa shape index (κ3) is 5.15. The number of benzene rings is 8. The van der Waals surface area contributed by atoms with Gasteiger partial charge in [0.1, 0.15) is 0 Å². The van der Waals surface area contributed by atoms with E-state index >= 15 is 0 Å². The molecule has 6 heteroatoms. The van der Waals surface area contributed by atoms with Crippen LogP contribution in [0.5, 0.6) is 0 Å². The number of aromatic nitrogens is 4. The maximum absolute atomic E-state index is 5.08. The van der Waals surface area contributed by atoms with Gasteiger partial charge in [-0.1, -0.05) is 133 Å². The molecule has 0 radical (unpaired) electrons. The highest BCUT2D eigenvalue weighted by molar-refractivity contribution is 7.27. The van der Waals surface area contributed by atoms with Crippen LogP contribution in [0.1, 0.15) is 0 Å². The number of fused-ring (bicyclic) bond motifs is 10. The Kier molecular flexibility index (Phi) is 7.24. The summed E-state index contributed by atoms with van der Waals surface area (Å²) in [4.78, 5) is 15.1. The second-order valence-corrected chi connectivity index (χ2v) is 16.5. The van der Waals surface area contributed by atoms with Crippen molar-refractivity contribution in [1.82, 2.24) is 19.5 Å². The molecule has 0 aliphatic rings. The summed E-state index contributed by atoms with van der Waals surface area (Å²) >= 11 is 3.68. The third-order valence-electron chi connectivity index (χ3n) is 11.1. The molecule has 0 fully saturated rings. The van der Waals surface area contributed by atoms with E-state index in [2.05, 4.69) is 150 Å². The molecule has 0 N–H and O–H groups in total. The highest BCUT2D eigenvalue weighted by atomic mass is 32.1. The predicted octanol–water partition coefficient (Wildman–Crippen LogP) is 14.4. The number of rotatable bonds is 5. The Labute approximate surface area is 335 Å². The summed E-state index contributed by atoms with van der Waals surface area (Å²) in [6, 6.07) is 64.9. The molecule has 0 aliphatic carbocycles. The Morgan fingerprint density at radius 2 is 0.912 bits per heavy atom. The molecule has 0 amide bonds. The zero-order valence-corrected chi connectivity index (χ0v) is 32.1. The first-order valence-electron chi connectivity index (χ1n) is 19.0. The molecule has 12 rings (SSSR count). The van der Waals surface area contributed by atoms with E-state index in [-0.39, 0.29) is 0 Å². The standard InChI is InChI=1S/C51H30N4S2/c1-4-13-31(14-5-1)49-52-50(32-15-6-2-7-16-32)54-51(53-49)40-21-12-20-38-42-30-34(24-28-45(42)56-47(38)40)33-23-27-43-41(29-33)37-25-26-39-36-19-10-11-22-44(36)57-48(39)46(37)55(43)35-17-8-3-9-18-35/h1-30H. The minimum Gasteiger partial charge on any atom is -0.308 e. The van der Waals surface area contributed by atoms with Gasteiger partial charge in [-0.05, 0) is 59.7 Å². The maximum Gasteiger partial charge on any atom is 0.165 e. The predicted molar refractivity (Wildman–Crippen MR) is 242 cm³/mol. The molecule has 4 nitrogen and oxygen atoms in total. The Morgan fingerprint density at radius 3 is 1.67 bits per heavy atom. The molecular weight excluding hydrogens is 733 g/mol. The number of nitrogens with zero attached hydrogens (tertiary/aromatic N) is 4. The Morgan fingerprint density at radius 1 is 0.351 bits per heavy atom. The van der Waals surface area contributed by atoms with Gasteiger partial charge in [-0.2, -0.15) is 0 Å². The Hall–Kier alpha value is -6.99. The fraction of sp³-hybridized carbons (Fsp3) is 0. The number of para-hydroxylation sites is 1. The second-order valence-electron chi connectivity index (χ2n) is 14.4. The molecule has 4 aromatic heterocycles. The van der Waals surface area contributed by atoms with E-state index < -0.39 is 0 Å². The Balaban J connectivity index is 1.03. The van der Waals surface area contributed by atoms with Gasteiger partial charge >= 0.3 is 0 Å². The van der Waals surface area contributed by atoms with Gasteiger partial charge in [0, 0.05) is 68.8 Å². The van der Waals surface area contributed by atoms with E-state index in [1.54, 1.807) is 11.3 Å². The molecule has 0 saturated carbocycles. The van der Waals surface area contributed by atoms with E-state index in [9.17, 15) is 0 Å². The summed E-state index contributed by atoms with van der Waals surface area (Å²) in [6.45, 7) is 0. The second kappa shape index (κ2) is 12.8. The lowest BCUT2D eigenvalue weighted by Gasteiger charge is -2.09. The van der Waals surface area contributed by atoms with Crippen molar-refractivity contribution in [3.05, 3.63) is 182 Å². The van der Waals surface area contributed by atoms with Crippen molar-refractivity contribution >= 4 is 84.8 Å². The van der Waals surface area contributed by atoms with E-state index in [0.29, 0.717) is 17.5 Å². The van der Waals surface area contributed by atoms with Crippen LogP contribution in [0.25, 0.3) is 113 Å². The highest BCUT2D eigenvalue weighted by Gasteiger charge is 2.20. The molecular formula is C51H30N4S2. The van der Waals surface area contributed by atoms with E-state index in [1.807, 2.05) is 47.7 Å². The Bertz CT molecular complexity index is 3450. The first kappa shape index (κ1) is 32.3. The zero-order valence-electron chi connectivity index (χ0n) is 30.4. The molecule has 8 aromatic carbocycles. The SMILES string of the molecule is c1ccc(-c2nc(-c3ccccc3)nc(-c3cccc4c3sc3ccc(-c5ccc6c(c5)c5ccc7c8ccccc8sc7c5n6-c5ccccc5)cc34)n2)cc1. The average Bonchev–Trinajstić information content (AvgIpc) is 3.96. The molecule has 12 aromatic rings. The molecule has 0 saturated heterocycles. The lowest BCUT2D eigenvalue weighted by atomic mass is 10.00. The summed E-state index contributed by atoms with van der Waals surface area (Å²) in [6.07, 6.45) is 0. The summed E-state index contributed by atoms with van der Waals surface area (Å²) in [5.74, 6) is 2.00. The lowest BCUT2D eigenvalue weighted by Crippen LogP contribution is -2.00. The zero-order chi connectivity index (χ0) is 37.5. The van der Waals surface area contributed by atoms with Crippen LogP contribution in [0.15, 0.2) is 182 Å². The molecule has 0 bridgehead atoms. The normalized spacial score (nSPS) is 11.9. The average molecular weight is 763 g/mol. The van der Waals surface area contributed by atoms with Gasteiger partial charge in [0.25, 0.3) is 0 Å². The molecule has 57 heavy (non-hydrogen) atoms. The summed E-state index contributed by atoms with van der Waals surface area (Å²) in [5.41, 5.74) is 8.96. The van der Waals surface area contributed by atoms with Gasteiger partial charge in [-0.15, -0.1) is 22.7 Å². The quantitative estimate of drug-likeness (QED) is 0.175. The van der Waals surface area contributed by atoms with Gasteiger partial charge in [0.15, 0.2) is 17.5 Å². The van der Waals surface area contributed by atoms with Crippen molar-refractivity contribution in [2.24, 2.45) is 0 Å². The van der Waals surface area contributed by atoms with Crippen molar-refractivity contribution < 1.29 is 0 Å². The molecule has 0 unspecified atom stereocenters. The maximum atomic E-state index is 5.08. The van der Waals surface area contributed by atoms with Crippen LogP contribution in [0.4, 0.5) is 0 Å². The first-order valence-corrected chi connectivity index (χ1v) is 20.7. The lowest BCUT2D eigenvalue weighted by molar-refractivity contribution is 1.08. The molecule has 4 heterocycles. The summed E-state index contributed by atoms with van der Waals surface area (Å²) < 4.78 is 7.49. The number of hydrogen-bond acceptors (Lipinski definition) is 5. The van der Waals surface area contributed by atoms with Crippen LogP contribution >= 0.6 is 22.7 Å². The van der Waals surface area contributed by atoms with Gasteiger partial charge in [0.05, 0.1) is 15.7 Å². The highest BCUT2D eigenvalue weighted by Crippen LogP contribution is 2.45. The van der Waals surface area contributed by atoms with Gasteiger partial charge in [-0.25, -0.2) is 15.0 Å². The van der Waals surface area contributed by atoms with Crippen LogP contribution in [-0.2, 0) is 0 Å². The van der Waals surface area contributed by atoms with Gasteiger partial charge in [-0.3, -0.25) is 0 Å². The molecule has 266 valence electrons. The smallest absolute Gasteiger partial charge is 0.165 e.